The Kier molecular flexibility index (Phi) is 7.67. The van der Waals surface area contributed by atoms with Crippen LogP contribution in [0.1, 0.15) is 36.7 Å². The summed E-state index contributed by atoms with van der Waals surface area (Å²) in [5.41, 5.74) is 1.79. The molecule has 0 aliphatic heterocycles. The number of rotatable bonds is 8. The van der Waals surface area contributed by atoms with Gasteiger partial charge in [0.1, 0.15) is 6.61 Å². The van der Waals surface area contributed by atoms with Crippen LogP contribution >= 0.6 is 15.9 Å². The second-order valence-electron chi connectivity index (χ2n) is 5.59. The number of benzene rings is 2. The van der Waals surface area contributed by atoms with Crippen LogP contribution < -0.4 is 14.8 Å². The van der Waals surface area contributed by atoms with Crippen LogP contribution in [0.25, 0.3) is 0 Å². The molecule has 0 aliphatic carbocycles. The van der Waals surface area contributed by atoms with Gasteiger partial charge in [0.15, 0.2) is 11.5 Å². The van der Waals surface area contributed by atoms with Crippen LogP contribution in [0, 0.1) is 0 Å². The summed E-state index contributed by atoms with van der Waals surface area (Å²) in [5.74, 6) is 0.613. The number of ether oxygens (including phenoxy) is 3. The number of carbonyl (C=O) groups excluding carboxylic acids is 2. The summed E-state index contributed by atoms with van der Waals surface area (Å²) < 4.78 is 17.3. The van der Waals surface area contributed by atoms with Crippen molar-refractivity contribution in [2.75, 3.05) is 18.5 Å². The van der Waals surface area contributed by atoms with E-state index in [-0.39, 0.29) is 12.5 Å². The first kappa shape index (κ1) is 20.8. The van der Waals surface area contributed by atoms with Crippen molar-refractivity contribution in [1.82, 2.24) is 0 Å². The van der Waals surface area contributed by atoms with Crippen molar-refractivity contribution in [3.05, 3.63) is 52.0 Å². The number of hydrogen-bond donors (Lipinski definition) is 1. The quantitative estimate of drug-likeness (QED) is 0.615. The van der Waals surface area contributed by atoms with Crippen LogP contribution in [0.3, 0.4) is 0 Å². The largest absolute Gasteiger partial charge is 0.490 e. The van der Waals surface area contributed by atoms with E-state index in [2.05, 4.69) is 21.2 Å². The van der Waals surface area contributed by atoms with Gasteiger partial charge >= 0.3 is 5.97 Å². The minimum absolute atomic E-state index is 0.0827. The molecule has 1 amide bonds. The van der Waals surface area contributed by atoms with Gasteiger partial charge in [-0.2, -0.15) is 0 Å². The van der Waals surface area contributed by atoms with Gasteiger partial charge in [-0.1, -0.05) is 15.9 Å². The average molecular weight is 436 g/mol. The Morgan fingerprint density at radius 2 is 1.59 bits per heavy atom. The normalized spacial score (nSPS) is 10.2. The lowest BCUT2D eigenvalue weighted by Gasteiger charge is -2.14. The summed E-state index contributed by atoms with van der Waals surface area (Å²) in [6.07, 6.45) is 0. The van der Waals surface area contributed by atoms with E-state index in [4.69, 9.17) is 14.2 Å². The van der Waals surface area contributed by atoms with Crippen molar-refractivity contribution >= 4 is 33.5 Å². The van der Waals surface area contributed by atoms with Gasteiger partial charge < -0.3 is 19.5 Å². The predicted molar refractivity (Wildman–Crippen MR) is 106 cm³/mol. The summed E-state index contributed by atoms with van der Waals surface area (Å²) in [5, 5.41) is 2.65. The van der Waals surface area contributed by atoms with Gasteiger partial charge in [-0.3, -0.25) is 4.79 Å². The lowest BCUT2D eigenvalue weighted by Crippen LogP contribution is -2.08. The molecule has 2 rings (SSSR count). The van der Waals surface area contributed by atoms with E-state index >= 15 is 0 Å². The lowest BCUT2D eigenvalue weighted by molar-refractivity contribution is -0.114. The molecule has 6 nitrogen and oxygen atoms in total. The fraction of sp³-hybridized carbons (Fsp3) is 0.300. The van der Waals surface area contributed by atoms with Gasteiger partial charge in [0, 0.05) is 22.6 Å². The highest BCUT2D eigenvalue weighted by Crippen LogP contribution is 2.34. The molecule has 0 atom stereocenters. The van der Waals surface area contributed by atoms with E-state index in [0.717, 1.165) is 10.0 Å². The Labute approximate surface area is 166 Å². The van der Waals surface area contributed by atoms with Crippen LogP contribution in [0.5, 0.6) is 11.5 Å². The zero-order valence-electron chi connectivity index (χ0n) is 15.5. The Morgan fingerprint density at radius 1 is 1.00 bits per heavy atom. The van der Waals surface area contributed by atoms with Crippen LogP contribution in [-0.2, 0) is 16.1 Å². The Hall–Kier alpha value is -2.54. The minimum Gasteiger partial charge on any atom is -0.490 e. The molecular weight excluding hydrogens is 414 g/mol. The van der Waals surface area contributed by atoms with Gasteiger partial charge in [-0.05, 0) is 50.2 Å². The van der Waals surface area contributed by atoms with Gasteiger partial charge in [0.05, 0.1) is 18.8 Å². The number of nitrogens with one attached hydrogen (secondary N) is 1. The molecule has 0 heterocycles. The topological polar surface area (TPSA) is 73.9 Å². The molecule has 0 aliphatic rings. The minimum atomic E-state index is -0.455. The van der Waals surface area contributed by atoms with Crippen molar-refractivity contribution in [3.8, 4) is 11.5 Å². The SMILES string of the molecule is CCOc1cc(Br)c(COC(=O)c2ccc(NC(C)=O)cc2)cc1OCC. The summed E-state index contributed by atoms with van der Waals surface area (Å²) in [7, 11) is 0. The maximum Gasteiger partial charge on any atom is 0.338 e. The van der Waals surface area contributed by atoms with Crippen LogP contribution in [0.15, 0.2) is 40.9 Å². The molecule has 0 unspecified atom stereocenters. The third kappa shape index (κ3) is 5.99. The molecule has 0 spiro atoms. The van der Waals surface area contributed by atoms with Crippen LogP contribution in [-0.4, -0.2) is 25.1 Å². The molecule has 1 N–H and O–H groups in total. The summed E-state index contributed by atoms with van der Waals surface area (Å²) >= 11 is 3.47. The number of halogens is 1. The van der Waals surface area contributed by atoms with Crippen molar-refractivity contribution in [1.29, 1.82) is 0 Å². The fourth-order valence-electron chi connectivity index (χ4n) is 2.34. The molecule has 2 aromatic rings. The molecule has 0 saturated carbocycles. The average Bonchev–Trinajstić information content (AvgIpc) is 2.63. The van der Waals surface area contributed by atoms with E-state index < -0.39 is 5.97 Å². The molecule has 0 saturated heterocycles. The highest BCUT2D eigenvalue weighted by Gasteiger charge is 2.13. The standard InChI is InChI=1S/C20H22BrNO5/c1-4-25-18-10-15(17(21)11-19(18)26-5-2)12-27-20(24)14-6-8-16(9-7-14)22-13(3)23/h6-11H,4-5,12H2,1-3H3,(H,22,23). The van der Waals surface area contributed by atoms with Crippen molar-refractivity contribution in [3.63, 3.8) is 0 Å². The number of esters is 1. The van der Waals surface area contributed by atoms with E-state index in [1.54, 1.807) is 36.4 Å². The first-order valence-electron chi connectivity index (χ1n) is 8.57. The molecule has 2 aromatic carbocycles. The smallest absolute Gasteiger partial charge is 0.338 e. The molecule has 7 heteroatoms. The number of anilines is 1. The van der Waals surface area contributed by atoms with Gasteiger partial charge in [-0.25, -0.2) is 4.79 Å². The molecule has 0 aromatic heterocycles. The first-order chi connectivity index (χ1) is 12.9. The summed E-state index contributed by atoms with van der Waals surface area (Å²) in [6.45, 7) is 6.32. The Balaban J connectivity index is 2.07. The van der Waals surface area contributed by atoms with Gasteiger partial charge in [-0.15, -0.1) is 0 Å². The van der Waals surface area contributed by atoms with Crippen LogP contribution in [0.2, 0.25) is 0 Å². The van der Waals surface area contributed by atoms with Crippen molar-refractivity contribution in [2.24, 2.45) is 0 Å². The zero-order valence-corrected chi connectivity index (χ0v) is 17.1. The lowest BCUT2D eigenvalue weighted by atomic mass is 10.2. The number of amides is 1. The molecular formula is C20H22BrNO5. The van der Waals surface area contributed by atoms with Crippen molar-refractivity contribution < 1.29 is 23.8 Å². The fourth-order valence-corrected chi connectivity index (χ4v) is 2.78. The van der Waals surface area contributed by atoms with E-state index in [1.807, 2.05) is 13.8 Å². The second-order valence-corrected chi connectivity index (χ2v) is 6.45. The highest BCUT2D eigenvalue weighted by molar-refractivity contribution is 9.10. The number of hydrogen-bond acceptors (Lipinski definition) is 5. The molecule has 0 radical (unpaired) electrons. The maximum atomic E-state index is 12.3. The van der Waals surface area contributed by atoms with E-state index in [9.17, 15) is 9.59 Å². The number of carbonyl (C=O) groups is 2. The molecule has 0 bridgehead atoms. The molecule has 27 heavy (non-hydrogen) atoms. The third-order valence-electron chi connectivity index (χ3n) is 3.51. The van der Waals surface area contributed by atoms with E-state index in [0.29, 0.717) is 36.0 Å². The van der Waals surface area contributed by atoms with E-state index in [1.165, 1.54) is 6.92 Å². The second kappa shape index (κ2) is 9.97. The van der Waals surface area contributed by atoms with Crippen LogP contribution in [0.4, 0.5) is 5.69 Å². The third-order valence-corrected chi connectivity index (χ3v) is 4.25. The Morgan fingerprint density at radius 3 is 2.15 bits per heavy atom. The maximum absolute atomic E-state index is 12.3. The monoisotopic (exact) mass is 435 g/mol. The van der Waals surface area contributed by atoms with Crippen molar-refractivity contribution in [2.45, 2.75) is 27.4 Å². The zero-order chi connectivity index (χ0) is 19.8. The molecule has 144 valence electrons. The highest BCUT2D eigenvalue weighted by atomic mass is 79.9. The van der Waals surface area contributed by atoms with Gasteiger partial charge in [0.2, 0.25) is 5.91 Å². The summed E-state index contributed by atoms with van der Waals surface area (Å²) in [6, 6.07) is 10.1. The van der Waals surface area contributed by atoms with Gasteiger partial charge in [0.25, 0.3) is 0 Å². The predicted octanol–water partition coefficient (Wildman–Crippen LogP) is 4.56. The molecule has 0 fully saturated rings. The summed E-state index contributed by atoms with van der Waals surface area (Å²) in [4.78, 5) is 23.3. The first-order valence-corrected chi connectivity index (χ1v) is 9.36. The Bertz CT molecular complexity index is 805.